The predicted octanol–water partition coefficient (Wildman–Crippen LogP) is 3.26. The Morgan fingerprint density at radius 3 is 2.94 bits per heavy atom. The Kier molecular flexibility index (Phi) is 1.83. The van der Waals surface area contributed by atoms with Crippen molar-refractivity contribution in [2.75, 3.05) is 0 Å². The highest BCUT2D eigenvalue weighted by Gasteiger charge is 2.12. The number of nitrogens with one attached hydrogen (secondary N) is 1. The van der Waals surface area contributed by atoms with Gasteiger partial charge < -0.3 is 4.84 Å². The number of hydroxylamine groups is 1. The Balaban J connectivity index is 2.15. The molecule has 0 bridgehead atoms. The van der Waals surface area contributed by atoms with Crippen molar-refractivity contribution in [1.29, 1.82) is 0 Å². The first-order valence-corrected chi connectivity index (χ1v) is 5.83. The normalized spacial score (nSPS) is 13.1. The smallest absolute Gasteiger partial charge is 0.171 e. The van der Waals surface area contributed by atoms with Crippen molar-refractivity contribution in [3.05, 3.63) is 54.2 Å². The average molecular weight is 234 g/mol. The van der Waals surface area contributed by atoms with Crippen LogP contribution in [0.2, 0.25) is 0 Å². The van der Waals surface area contributed by atoms with Crippen LogP contribution in [-0.4, -0.2) is 4.98 Å². The molecule has 0 spiro atoms. The number of pyridine rings is 1. The van der Waals surface area contributed by atoms with Crippen molar-refractivity contribution in [3.63, 3.8) is 0 Å². The second-order valence-electron chi connectivity index (χ2n) is 4.28. The number of para-hydroxylation sites is 1. The summed E-state index contributed by atoms with van der Waals surface area (Å²) < 4.78 is 0. The van der Waals surface area contributed by atoms with Gasteiger partial charge in [0.05, 0.1) is 11.0 Å². The van der Waals surface area contributed by atoms with Crippen molar-refractivity contribution < 1.29 is 4.84 Å². The van der Waals surface area contributed by atoms with Gasteiger partial charge in [-0.15, -0.1) is 0 Å². The van der Waals surface area contributed by atoms with Gasteiger partial charge in [-0.1, -0.05) is 18.2 Å². The Morgan fingerprint density at radius 2 is 1.94 bits per heavy atom. The van der Waals surface area contributed by atoms with E-state index in [0.717, 1.165) is 33.1 Å². The zero-order chi connectivity index (χ0) is 11.9. The van der Waals surface area contributed by atoms with Gasteiger partial charge in [-0.25, -0.2) is 10.5 Å². The van der Waals surface area contributed by atoms with Gasteiger partial charge in [-0.05, 0) is 30.3 Å². The number of rotatable bonds is 0. The number of hydrogen-bond acceptors (Lipinski definition) is 3. The molecule has 2 heterocycles. The van der Waals surface area contributed by atoms with Gasteiger partial charge in [-0.2, -0.15) is 0 Å². The second-order valence-corrected chi connectivity index (χ2v) is 4.28. The molecule has 0 amide bonds. The minimum absolute atomic E-state index is 0.841. The lowest BCUT2D eigenvalue weighted by Crippen LogP contribution is -2.14. The molecule has 2 aromatic carbocycles. The first-order valence-electron chi connectivity index (χ1n) is 5.83. The van der Waals surface area contributed by atoms with Crippen molar-refractivity contribution in [2.45, 2.75) is 0 Å². The average Bonchev–Trinajstić information content (AvgIpc) is 2.45. The van der Waals surface area contributed by atoms with Crippen molar-refractivity contribution in [1.82, 2.24) is 10.5 Å². The molecule has 0 fully saturated rings. The maximum absolute atomic E-state index is 5.51. The fourth-order valence-electron chi connectivity index (χ4n) is 2.30. The van der Waals surface area contributed by atoms with E-state index in [1.807, 2.05) is 36.4 Å². The van der Waals surface area contributed by atoms with E-state index in [9.17, 15) is 0 Å². The fourth-order valence-corrected chi connectivity index (χ4v) is 2.30. The van der Waals surface area contributed by atoms with Gasteiger partial charge in [0.15, 0.2) is 5.75 Å². The largest absolute Gasteiger partial charge is 0.381 e. The van der Waals surface area contributed by atoms with Crippen LogP contribution >= 0.6 is 0 Å². The van der Waals surface area contributed by atoms with Crippen molar-refractivity contribution in [3.8, 4) is 5.75 Å². The van der Waals surface area contributed by atoms with Crippen molar-refractivity contribution in [2.24, 2.45) is 0 Å². The molecule has 1 aromatic heterocycles. The summed E-state index contributed by atoms with van der Waals surface area (Å²) in [6, 6.07) is 14.3. The molecule has 0 saturated carbocycles. The standard InChI is InChI=1S/C15H10N2O/c1-2-4-13-11(3-1)9-12-14(17-13)6-5-10-7-8-16-18-15(10)12/h1-9,16H. The van der Waals surface area contributed by atoms with Gasteiger partial charge in [-0.3, -0.25) is 0 Å². The van der Waals surface area contributed by atoms with Crippen LogP contribution in [0.3, 0.4) is 0 Å². The third-order valence-electron chi connectivity index (χ3n) is 3.17. The number of fused-ring (bicyclic) bond motifs is 4. The van der Waals surface area contributed by atoms with Gasteiger partial charge >= 0.3 is 0 Å². The first-order chi connectivity index (χ1) is 8.92. The lowest BCUT2D eigenvalue weighted by Gasteiger charge is -2.15. The Labute approximate surface area is 104 Å². The quantitative estimate of drug-likeness (QED) is 0.606. The van der Waals surface area contributed by atoms with Crippen LogP contribution in [0.15, 0.2) is 48.7 Å². The number of aromatic nitrogens is 1. The Bertz CT molecular complexity index is 793. The van der Waals surface area contributed by atoms with Crippen LogP contribution in [-0.2, 0) is 0 Å². The summed E-state index contributed by atoms with van der Waals surface area (Å²) in [6.45, 7) is 0. The Morgan fingerprint density at radius 1 is 1.00 bits per heavy atom. The molecular formula is C15H10N2O. The molecule has 1 aliphatic rings. The van der Waals surface area contributed by atoms with Crippen LogP contribution in [0.25, 0.3) is 27.9 Å². The SMILES string of the molecule is C1=Cc2ccc3nc4ccccc4cc3c2ON1. The number of hydrogen-bond donors (Lipinski definition) is 1. The third kappa shape index (κ3) is 1.27. The van der Waals surface area contributed by atoms with Crippen LogP contribution < -0.4 is 10.3 Å². The summed E-state index contributed by atoms with van der Waals surface area (Å²) in [7, 11) is 0. The summed E-state index contributed by atoms with van der Waals surface area (Å²) in [5.41, 5.74) is 5.79. The molecule has 0 radical (unpaired) electrons. The molecule has 3 heteroatoms. The molecule has 0 unspecified atom stereocenters. The molecular weight excluding hydrogens is 224 g/mol. The minimum Gasteiger partial charge on any atom is -0.381 e. The monoisotopic (exact) mass is 234 g/mol. The van der Waals surface area contributed by atoms with E-state index in [-0.39, 0.29) is 0 Å². The lowest BCUT2D eigenvalue weighted by atomic mass is 10.1. The highest BCUT2D eigenvalue weighted by Crippen LogP contribution is 2.32. The number of nitrogens with zero attached hydrogens (tertiary/aromatic N) is 1. The molecule has 4 rings (SSSR count). The summed E-state index contributed by atoms with van der Waals surface area (Å²) in [5, 5.41) is 2.15. The molecule has 3 nitrogen and oxygen atoms in total. The maximum atomic E-state index is 5.51. The summed E-state index contributed by atoms with van der Waals surface area (Å²) in [5.74, 6) is 0.841. The fraction of sp³-hybridized carbons (Fsp3) is 0. The number of benzene rings is 2. The van der Waals surface area contributed by atoms with Gasteiger partial charge in [0.2, 0.25) is 0 Å². The van der Waals surface area contributed by atoms with E-state index >= 15 is 0 Å². The zero-order valence-corrected chi connectivity index (χ0v) is 9.55. The lowest BCUT2D eigenvalue weighted by molar-refractivity contribution is 0.242. The van der Waals surface area contributed by atoms with Crippen LogP contribution in [0.5, 0.6) is 5.75 Å². The summed E-state index contributed by atoms with van der Waals surface area (Å²) in [4.78, 5) is 10.2. The minimum atomic E-state index is 0.841. The van der Waals surface area contributed by atoms with Gasteiger partial charge in [0.1, 0.15) is 0 Å². The van der Waals surface area contributed by atoms with E-state index in [1.54, 1.807) is 6.20 Å². The van der Waals surface area contributed by atoms with Crippen molar-refractivity contribution >= 4 is 27.9 Å². The highest BCUT2D eigenvalue weighted by atomic mass is 16.6. The molecule has 3 aromatic rings. The van der Waals surface area contributed by atoms with E-state index in [4.69, 9.17) is 4.84 Å². The summed E-state index contributed by atoms with van der Waals surface area (Å²) in [6.07, 6.45) is 3.77. The van der Waals surface area contributed by atoms with E-state index in [1.165, 1.54) is 0 Å². The Hall–Kier alpha value is -2.55. The van der Waals surface area contributed by atoms with Gasteiger partial charge in [0, 0.05) is 22.5 Å². The van der Waals surface area contributed by atoms with E-state index < -0.39 is 0 Å². The topological polar surface area (TPSA) is 34.1 Å². The molecule has 1 aliphatic heterocycles. The van der Waals surface area contributed by atoms with Gasteiger partial charge in [0.25, 0.3) is 0 Å². The second kappa shape index (κ2) is 3.47. The summed E-state index contributed by atoms with van der Waals surface area (Å²) >= 11 is 0. The van der Waals surface area contributed by atoms with E-state index in [0.29, 0.717) is 0 Å². The molecule has 18 heavy (non-hydrogen) atoms. The highest BCUT2D eigenvalue weighted by molar-refractivity contribution is 5.97. The molecule has 0 saturated heterocycles. The van der Waals surface area contributed by atoms with Crippen LogP contribution in [0.1, 0.15) is 5.56 Å². The van der Waals surface area contributed by atoms with Crippen LogP contribution in [0.4, 0.5) is 0 Å². The predicted molar refractivity (Wildman–Crippen MR) is 72.0 cm³/mol. The molecule has 86 valence electrons. The van der Waals surface area contributed by atoms with E-state index in [2.05, 4.69) is 22.6 Å². The molecule has 0 atom stereocenters. The zero-order valence-electron chi connectivity index (χ0n) is 9.55. The van der Waals surface area contributed by atoms with Crippen LogP contribution in [0, 0.1) is 0 Å². The molecule has 0 aliphatic carbocycles. The maximum Gasteiger partial charge on any atom is 0.171 e. The third-order valence-corrected chi connectivity index (χ3v) is 3.17. The first kappa shape index (κ1) is 9.48. The molecule has 1 N–H and O–H groups in total.